The fourth-order valence-electron chi connectivity index (χ4n) is 1.18. The summed E-state index contributed by atoms with van der Waals surface area (Å²) in [5, 5.41) is 17.1. The number of hydrogen-bond acceptors (Lipinski definition) is 5. The Bertz CT molecular complexity index is 295. The van der Waals surface area contributed by atoms with Gasteiger partial charge in [0.05, 0.1) is 6.54 Å². The number of carbonyl (C=O) groups excluding carboxylic acids is 1. The van der Waals surface area contributed by atoms with E-state index in [1.165, 1.54) is 18.9 Å². The number of hydroxylamine groups is 2. The Balaban J connectivity index is 0. The van der Waals surface area contributed by atoms with Crippen molar-refractivity contribution in [3.05, 3.63) is 0 Å². The van der Waals surface area contributed by atoms with E-state index in [9.17, 15) is 9.59 Å². The lowest BCUT2D eigenvalue weighted by molar-refractivity contribution is -0.170. The zero-order valence-electron chi connectivity index (χ0n) is 12.1. The third-order valence-corrected chi connectivity index (χ3v) is 2.06. The van der Waals surface area contributed by atoms with Crippen molar-refractivity contribution in [3.8, 4) is 0 Å². The number of rotatable bonds is 6. The summed E-state index contributed by atoms with van der Waals surface area (Å²) >= 11 is 0. The number of nitrogens with two attached hydrogens (primary N) is 1. The number of carbonyl (C=O) groups is 2. The zero-order valence-corrected chi connectivity index (χ0v) is 12.1. The molecule has 0 saturated carbocycles. The quantitative estimate of drug-likeness (QED) is 0.292. The van der Waals surface area contributed by atoms with Gasteiger partial charge in [-0.15, -0.1) is 0 Å². The molecule has 7 heteroatoms. The average molecular weight is 275 g/mol. The Hall–Kier alpha value is -1.63. The molecule has 4 N–H and O–H groups in total. The lowest BCUT2D eigenvalue weighted by Gasteiger charge is -2.20. The van der Waals surface area contributed by atoms with Crippen molar-refractivity contribution >= 4 is 17.8 Å². The molecule has 19 heavy (non-hydrogen) atoms. The number of amidine groups is 1. The number of aliphatic carboxylic acids is 1. The molecule has 0 spiro atoms. The van der Waals surface area contributed by atoms with E-state index in [1.807, 2.05) is 13.8 Å². The molecule has 0 radical (unpaired) electrons. The third-order valence-electron chi connectivity index (χ3n) is 2.06. The lowest BCUT2D eigenvalue weighted by atomic mass is 10.1. The largest absolute Gasteiger partial charge is 0.480 e. The van der Waals surface area contributed by atoms with Gasteiger partial charge < -0.3 is 15.7 Å². The molecule has 0 aromatic carbocycles. The minimum Gasteiger partial charge on any atom is -0.480 e. The van der Waals surface area contributed by atoms with Gasteiger partial charge in [-0.05, 0) is 26.2 Å². The van der Waals surface area contributed by atoms with Gasteiger partial charge in [-0.25, -0.2) is 0 Å². The Morgan fingerprint density at radius 1 is 1.32 bits per heavy atom. The van der Waals surface area contributed by atoms with Gasteiger partial charge in [0.1, 0.15) is 11.9 Å². The molecular weight excluding hydrogens is 250 g/mol. The highest BCUT2D eigenvalue weighted by molar-refractivity contribution is 5.77. The number of nitrogens with one attached hydrogen (secondary N) is 1. The number of nitrogens with zero attached hydrogens (tertiary/aromatic N) is 1. The van der Waals surface area contributed by atoms with Crippen LogP contribution in [0.2, 0.25) is 0 Å². The van der Waals surface area contributed by atoms with Gasteiger partial charge in [0.25, 0.3) is 0 Å². The monoisotopic (exact) mass is 275 g/mol. The summed E-state index contributed by atoms with van der Waals surface area (Å²) < 4.78 is 0. The van der Waals surface area contributed by atoms with E-state index in [2.05, 4.69) is 0 Å². The van der Waals surface area contributed by atoms with Crippen molar-refractivity contribution in [1.29, 1.82) is 5.41 Å². The number of carboxylic acids is 1. The van der Waals surface area contributed by atoms with E-state index in [-0.39, 0.29) is 5.84 Å². The van der Waals surface area contributed by atoms with E-state index >= 15 is 0 Å². The minimum absolute atomic E-state index is 0.128. The Kier molecular flexibility index (Phi) is 11.9. The Morgan fingerprint density at radius 3 is 2.21 bits per heavy atom. The van der Waals surface area contributed by atoms with Crippen molar-refractivity contribution in [2.24, 2.45) is 5.73 Å². The maximum absolute atomic E-state index is 10.7. The number of hydrogen-bond donors (Lipinski definition) is 3. The second-order valence-corrected chi connectivity index (χ2v) is 3.71. The topological polar surface area (TPSA) is 117 Å². The summed E-state index contributed by atoms with van der Waals surface area (Å²) in [5.74, 6) is -1.38. The molecular formula is C12H25N3O4. The normalized spacial score (nSPS) is 10.8. The molecule has 0 aromatic heterocycles. The van der Waals surface area contributed by atoms with Gasteiger partial charge in [-0.1, -0.05) is 13.8 Å². The predicted molar refractivity (Wildman–Crippen MR) is 72.7 cm³/mol. The Morgan fingerprint density at radius 2 is 1.84 bits per heavy atom. The molecule has 0 amide bonds. The predicted octanol–water partition coefficient (Wildman–Crippen LogP) is 1.37. The smallest absolute Gasteiger partial charge is 0.329 e. The molecule has 1 atom stereocenters. The van der Waals surface area contributed by atoms with Gasteiger partial charge in [-0.2, -0.15) is 5.06 Å². The SMILES string of the molecule is CC.CC(=N)N(CCCC[C@H](N)C(=O)O)OC(C)=O. The van der Waals surface area contributed by atoms with Crippen molar-refractivity contribution in [2.45, 2.75) is 53.0 Å². The van der Waals surface area contributed by atoms with Crippen LogP contribution in [0.25, 0.3) is 0 Å². The van der Waals surface area contributed by atoms with Crippen LogP contribution in [0.1, 0.15) is 47.0 Å². The van der Waals surface area contributed by atoms with Crippen LogP contribution in [-0.2, 0) is 14.4 Å². The van der Waals surface area contributed by atoms with Crippen LogP contribution in [0, 0.1) is 5.41 Å². The standard InChI is InChI=1S/C10H19N3O4.C2H6/c1-7(11)13(17-8(2)14)6-4-3-5-9(12)10(15)16;1-2/h9,11H,3-6,12H2,1-2H3,(H,15,16);1-2H3/t9-;/m0./s1. The lowest BCUT2D eigenvalue weighted by Crippen LogP contribution is -2.32. The van der Waals surface area contributed by atoms with Gasteiger partial charge in [0, 0.05) is 6.92 Å². The third kappa shape index (κ3) is 11.2. The first kappa shape index (κ1) is 19.7. The molecule has 0 rings (SSSR count). The average Bonchev–Trinajstić information content (AvgIpc) is 2.34. The van der Waals surface area contributed by atoms with E-state index in [4.69, 9.17) is 21.1 Å². The van der Waals surface area contributed by atoms with Crippen LogP contribution in [0.5, 0.6) is 0 Å². The maximum atomic E-state index is 10.7. The van der Waals surface area contributed by atoms with Crippen LogP contribution in [0.3, 0.4) is 0 Å². The van der Waals surface area contributed by atoms with Gasteiger partial charge in [0.2, 0.25) is 0 Å². The first-order valence-corrected chi connectivity index (χ1v) is 6.34. The van der Waals surface area contributed by atoms with Crippen LogP contribution in [0.15, 0.2) is 0 Å². The van der Waals surface area contributed by atoms with E-state index < -0.39 is 18.0 Å². The molecule has 0 aromatic rings. The summed E-state index contributed by atoms with van der Waals surface area (Å²) in [4.78, 5) is 26.0. The molecule has 0 aliphatic carbocycles. The summed E-state index contributed by atoms with van der Waals surface area (Å²) in [5.41, 5.74) is 5.33. The van der Waals surface area contributed by atoms with E-state index in [1.54, 1.807) is 0 Å². The first-order valence-electron chi connectivity index (χ1n) is 6.34. The van der Waals surface area contributed by atoms with Crippen LogP contribution >= 0.6 is 0 Å². The minimum atomic E-state index is -1.02. The van der Waals surface area contributed by atoms with Crippen molar-refractivity contribution < 1.29 is 19.5 Å². The maximum Gasteiger partial charge on any atom is 0.329 e. The highest BCUT2D eigenvalue weighted by atomic mass is 16.7. The van der Waals surface area contributed by atoms with Crippen molar-refractivity contribution in [1.82, 2.24) is 5.06 Å². The molecule has 0 unspecified atom stereocenters. The number of unbranched alkanes of at least 4 members (excludes halogenated alkanes) is 1. The zero-order chi connectivity index (χ0) is 15.4. The van der Waals surface area contributed by atoms with Crippen molar-refractivity contribution in [2.75, 3.05) is 6.54 Å². The van der Waals surface area contributed by atoms with Crippen LogP contribution < -0.4 is 5.73 Å². The fourth-order valence-corrected chi connectivity index (χ4v) is 1.18. The summed E-state index contributed by atoms with van der Waals surface area (Å²) in [6.45, 7) is 7.13. The molecule has 0 saturated heterocycles. The van der Waals surface area contributed by atoms with Crippen molar-refractivity contribution in [3.63, 3.8) is 0 Å². The molecule has 0 bridgehead atoms. The fraction of sp³-hybridized carbons (Fsp3) is 0.750. The highest BCUT2D eigenvalue weighted by Crippen LogP contribution is 2.03. The second-order valence-electron chi connectivity index (χ2n) is 3.71. The Labute approximate surface area is 114 Å². The second kappa shape index (κ2) is 11.5. The van der Waals surface area contributed by atoms with Gasteiger partial charge in [0.15, 0.2) is 0 Å². The molecule has 0 heterocycles. The van der Waals surface area contributed by atoms with E-state index in [0.29, 0.717) is 25.8 Å². The molecule has 0 aliphatic heterocycles. The molecule has 0 aliphatic rings. The summed E-state index contributed by atoms with van der Waals surface area (Å²) in [6.07, 6.45) is 1.56. The van der Waals surface area contributed by atoms with Crippen LogP contribution in [-0.4, -0.2) is 40.5 Å². The first-order chi connectivity index (χ1) is 8.84. The number of carboxylic acid groups (broad SMARTS) is 1. The van der Waals surface area contributed by atoms with Crippen LogP contribution in [0.4, 0.5) is 0 Å². The van der Waals surface area contributed by atoms with E-state index in [0.717, 1.165) is 0 Å². The summed E-state index contributed by atoms with van der Waals surface area (Å²) in [7, 11) is 0. The molecule has 112 valence electrons. The van der Waals surface area contributed by atoms with Gasteiger partial charge in [-0.3, -0.25) is 15.0 Å². The summed E-state index contributed by atoms with van der Waals surface area (Å²) in [6, 6.07) is -0.863. The molecule has 7 nitrogen and oxygen atoms in total. The highest BCUT2D eigenvalue weighted by Gasteiger charge is 2.12. The molecule has 0 fully saturated rings. The van der Waals surface area contributed by atoms with Gasteiger partial charge >= 0.3 is 11.9 Å².